The summed E-state index contributed by atoms with van der Waals surface area (Å²) in [5.41, 5.74) is 5.07. The molecule has 0 heterocycles. The average molecular weight is 271 g/mol. The van der Waals surface area contributed by atoms with Crippen LogP contribution in [-0.4, -0.2) is 55.2 Å². The molecule has 0 aromatic heterocycles. The summed E-state index contributed by atoms with van der Waals surface area (Å²) < 4.78 is 5.57. The van der Waals surface area contributed by atoms with Crippen LogP contribution in [0.2, 0.25) is 0 Å². The molecular weight excluding hydrogens is 242 g/mol. The summed E-state index contributed by atoms with van der Waals surface area (Å²) in [6, 6.07) is 0.405. The van der Waals surface area contributed by atoms with Gasteiger partial charge in [-0.05, 0) is 46.7 Å². The molecule has 1 aliphatic carbocycles. The highest BCUT2D eigenvalue weighted by molar-refractivity contribution is 5.85. The normalized spacial score (nSPS) is 27.4. The van der Waals surface area contributed by atoms with E-state index in [1.807, 2.05) is 20.8 Å². The highest BCUT2D eigenvalue weighted by atomic mass is 16.5. The summed E-state index contributed by atoms with van der Waals surface area (Å²) in [5.74, 6) is -0.219. The van der Waals surface area contributed by atoms with Crippen LogP contribution in [0.5, 0.6) is 0 Å². The lowest BCUT2D eigenvalue weighted by molar-refractivity contribution is -0.124. The molecule has 5 heteroatoms. The van der Waals surface area contributed by atoms with Crippen molar-refractivity contribution in [3.8, 4) is 0 Å². The number of nitrogens with one attached hydrogen (secondary N) is 1. The van der Waals surface area contributed by atoms with Crippen LogP contribution >= 0.6 is 0 Å². The summed E-state index contributed by atoms with van der Waals surface area (Å²) in [6.07, 6.45) is 2.90. The van der Waals surface area contributed by atoms with Gasteiger partial charge in [-0.2, -0.15) is 0 Å². The van der Waals surface area contributed by atoms with Crippen molar-refractivity contribution in [3.63, 3.8) is 0 Å². The number of primary amides is 1. The number of likely N-dealkylation sites (N-methyl/N-ethyl adjacent to an activating group) is 2. The topological polar surface area (TPSA) is 67.6 Å². The van der Waals surface area contributed by atoms with E-state index >= 15 is 0 Å². The maximum absolute atomic E-state index is 11.7. The molecule has 1 saturated carbocycles. The third kappa shape index (κ3) is 4.44. The summed E-state index contributed by atoms with van der Waals surface area (Å²) in [4.78, 5) is 14.0. The van der Waals surface area contributed by atoms with Gasteiger partial charge in [0, 0.05) is 12.6 Å². The van der Waals surface area contributed by atoms with Gasteiger partial charge >= 0.3 is 0 Å². The largest absolute Gasteiger partial charge is 0.377 e. The van der Waals surface area contributed by atoms with Crippen LogP contribution in [0.15, 0.2) is 0 Å². The van der Waals surface area contributed by atoms with Crippen molar-refractivity contribution in [2.45, 2.75) is 57.7 Å². The first-order valence-electron chi connectivity index (χ1n) is 7.28. The van der Waals surface area contributed by atoms with Gasteiger partial charge in [-0.3, -0.25) is 4.79 Å². The molecule has 0 aliphatic heterocycles. The van der Waals surface area contributed by atoms with Crippen molar-refractivity contribution in [3.05, 3.63) is 0 Å². The van der Waals surface area contributed by atoms with Crippen LogP contribution in [-0.2, 0) is 9.53 Å². The molecule has 1 rings (SSSR count). The van der Waals surface area contributed by atoms with E-state index in [0.29, 0.717) is 6.04 Å². The number of carbonyl (C=O) groups is 1. The number of rotatable bonds is 8. The summed E-state index contributed by atoms with van der Waals surface area (Å²) in [7, 11) is 2.09. The molecule has 2 atom stereocenters. The van der Waals surface area contributed by atoms with E-state index in [1.54, 1.807) is 0 Å². The fourth-order valence-corrected chi connectivity index (χ4v) is 2.82. The Morgan fingerprint density at radius 2 is 2.26 bits per heavy atom. The molecule has 1 amide bonds. The summed E-state index contributed by atoms with van der Waals surface area (Å²) in [6.45, 7) is 8.49. The lowest BCUT2D eigenvalue weighted by atomic mass is 9.96. The number of hydrogen-bond acceptors (Lipinski definition) is 4. The Labute approximate surface area is 116 Å². The molecule has 3 N–H and O–H groups in total. The van der Waals surface area contributed by atoms with E-state index in [4.69, 9.17) is 10.5 Å². The third-order valence-corrected chi connectivity index (χ3v) is 3.99. The minimum atomic E-state index is -0.507. The minimum Gasteiger partial charge on any atom is -0.377 e. The quantitative estimate of drug-likeness (QED) is 0.683. The van der Waals surface area contributed by atoms with Crippen LogP contribution in [0.25, 0.3) is 0 Å². The fraction of sp³-hybridized carbons (Fsp3) is 0.929. The highest BCUT2D eigenvalue weighted by Gasteiger charge is 2.44. The maximum atomic E-state index is 11.7. The van der Waals surface area contributed by atoms with Gasteiger partial charge in [-0.25, -0.2) is 0 Å². The first-order valence-corrected chi connectivity index (χ1v) is 7.28. The molecule has 1 fully saturated rings. The number of ether oxygens (including phenoxy) is 1. The Kier molecular flexibility index (Phi) is 6.23. The van der Waals surface area contributed by atoms with Crippen molar-refractivity contribution >= 4 is 5.91 Å². The SMILES string of the molecule is CCNC1(C(N)=O)CCC(N(C)CCOC(C)C)C1. The van der Waals surface area contributed by atoms with E-state index in [-0.39, 0.29) is 12.0 Å². The maximum Gasteiger partial charge on any atom is 0.237 e. The van der Waals surface area contributed by atoms with Gasteiger partial charge in [0.25, 0.3) is 0 Å². The molecule has 2 unspecified atom stereocenters. The van der Waals surface area contributed by atoms with E-state index in [0.717, 1.165) is 39.0 Å². The lowest BCUT2D eigenvalue weighted by Gasteiger charge is -2.29. The van der Waals surface area contributed by atoms with Crippen LogP contribution in [0.4, 0.5) is 0 Å². The monoisotopic (exact) mass is 271 g/mol. The van der Waals surface area contributed by atoms with Gasteiger partial charge < -0.3 is 20.7 Å². The second-order valence-corrected chi connectivity index (χ2v) is 5.77. The molecular formula is C14H29N3O2. The van der Waals surface area contributed by atoms with Crippen LogP contribution in [0.1, 0.15) is 40.0 Å². The number of nitrogens with two attached hydrogens (primary N) is 1. The van der Waals surface area contributed by atoms with Gasteiger partial charge in [0.15, 0.2) is 0 Å². The Morgan fingerprint density at radius 1 is 1.58 bits per heavy atom. The van der Waals surface area contributed by atoms with Gasteiger partial charge in [0.1, 0.15) is 0 Å². The van der Waals surface area contributed by atoms with Crippen molar-refractivity contribution in [1.82, 2.24) is 10.2 Å². The first-order chi connectivity index (χ1) is 8.91. The lowest BCUT2D eigenvalue weighted by Crippen LogP contribution is -2.54. The van der Waals surface area contributed by atoms with E-state index in [9.17, 15) is 4.79 Å². The Hall–Kier alpha value is -0.650. The van der Waals surface area contributed by atoms with Crippen molar-refractivity contribution in [2.24, 2.45) is 5.73 Å². The van der Waals surface area contributed by atoms with E-state index in [2.05, 4.69) is 17.3 Å². The Bertz CT molecular complexity index is 296. The molecule has 19 heavy (non-hydrogen) atoms. The number of hydrogen-bond donors (Lipinski definition) is 2. The van der Waals surface area contributed by atoms with Crippen LogP contribution < -0.4 is 11.1 Å². The minimum absolute atomic E-state index is 0.219. The van der Waals surface area contributed by atoms with Crippen LogP contribution in [0.3, 0.4) is 0 Å². The molecule has 0 spiro atoms. The van der Waals surface area contributed by atoms with Crippen molar-refractivity contribution in [1.29, 1.82) is 0 Å². The van der Waals surface area contributed by atoms with Crippen molar-refractivity contribution in [2.75, 3.05) is 26.7 Å². The summed E-state index contributed by atoms with van der Waals surface area (Å²) in [5, 5.41) is 3.28. The number of carbonyl (C=O) groups excluding carboxylic acids is 1. The van der Waals surface area contributed by atoms with Gasteiger partial charge in [0.05, 0.1) is 18.2 Å². The Balaban J connectivity index is 2.47. The molecule has 0 saturated heterocycles. The Morgan fingerprint density at radius 3 is 2.79 bits per heavy atom. The van der Waals surface area contributed by atoms with Crippen molar-refractivity contribution < 1.29 is 9.53 Å². The smallest absolute Gasteiger partial charge is 0.237 e. The molecule has 1 aliphatic rings. The van der Waals surface area contributed by atoms with Gasteiger partial charge in [-0.15, -0.1) is 0 Å². The number of amides is 1. The van der Waals surface area contributed by atoms with Gasteiger partial charge in [-0.1, -0.05) is 6.92 Å². The third-order valence-electron chi connectivity index (χ3n) is 3.99. The second-order valence-electron chi connectivity index (χ2n) is 5.77. The van der Waals surface area contributed by atoms with Gasteiger partial charge in [0.2, 0.25) is 5.91 Å². The van der Waals surface area contributed by atoms with E-state index in [1.165, 1.54) is 0 Å². The molecule has 5 nitrogen and oxygen atoms in total. The number of nitrogens with zero attached hydrogens (tertiary/aromatic N) is 1. The first kappa shape index (κ1) is 16.4. The predicted molar refractivity (Wildman–Crippen MR) is 77.0 cm³/mol. The van der Waals surface area contributed by atoms with E-state index < -0.39 is 5.54 Å². The zero-order valence-electron chi connectivity index (χ0n) is 12.7. The zero-order chi connectivity index (χ0) is 14.5. The zero-order valence-corrected chi connectivity index (χ0v) is 12.7. The highest BCUT2D eigenvalue weighted by Crippen LogP contribution is 2.32. The van der Waals surface area contributed by atoms with Crippen LogP contribution in [0, 0.1) is 0 Å². The molecule has 0 aromatic carbocycles. The standard InChI is InChI=1S/C14H29N3O2/c1-5-16-14(13(15)18)7-6-12(10-14)17(4)8-9-19-11(2)3/h11-12,16H,5-10H2,1-4H3,(H2,15,18). The predicted octanol–water partition coefficient (Wildman–Crippen LogP) is 0.729. The summed E-state index contributed by atoms with van der Waals surface area (Å²) >= 11 is 0. The molecule has 0 bridgehead atoms. The molecule has 0 radical (unpaired) electrons. The average Bonchev–Trinajstić information content (AvgIpc) is 2.74. The fourth-order valence-electron chi connectivity index (χ4n) is 2.82. The molecule has 0 aromatic rings. The second kappa shape index (κ2) is 7.22. The molecule has 112 valence electrons.